The Bertz CT molecular complexity index is 1440. The number of pyridine rings is 1. The van der Waals surface area contributed by atoms with Crippen molar-refractivity contribution in [3.63, 3.8) is 0 Å². The lowest BCUT2D eigenvalue weighted by Gasteiger charge is -2.17. The molecule has 2 amide bonds. The number of ketones is 1. The van der Waals surface area contributed by atoms with Crippen molar-refractivity contribution in [2.24, 2.45) is 0 Å². The molecule has 0 spiro atoms. The van der Waals surface area contributed by atoms with Crippen LogP contribution in [0.25, 0.3) is 16.5 Å². The monoisotopic (exact) mass is 514 g/mol. The molecule has 0 bridgehead atoms. The predicted octanol–water partition coefficient (Wildman–Crippen LogP) is 3.56. The predicted molar refractivity (Wildman–Crippen MR) is 141 cm³/mol. The first-order valence-corrected chi connectivity index (χ1v) is 11.8. The number of aliphatic hydroxyl groups is 1. The van der Waals surface area contributed by atoms with Crippen LogP contribution in [0.4, 0.5) is 10.5 Å². The molecule has 1 aromatic heterocycles. The lowest BCUT2D eigenvalue weighted by atomic mass is 9.92. The Balaban J connectivity index is 1.51. The summed E-state index contributed by atoms with van der Waals surface area (Å²) in [7, 11) is 1.56. The number of rotatable bonds is 10. The quantitative estimate of drug-likeness (QED) is 0.349. The molecule has 3 N–H and O–H groups in total. The number of aliphatic hydroxyl groups excluding tert-OH is 1. The average molecular weight is 515 g/mol. The molecule has 0 radical (unpaired) electrons. The number of allylic oxidation sites excluding steroid dienone is 4. The van der Waals surface area contributed by atoms with Crippen molar-refractivity contribution in [3.05, 3.63) is 77.6 Å². The molecule has 0 aliphatic heterocycles. The molecule has 3 aromatic rings. The number of ether oxygens (including phenoxy) is 3. The Hall–Kier alpha value is -4.72. The molecule has 10 nitrogen and oxygen atoms in total. The van der Waals surface area contributed by atoms with Crippen molar-refractivity contribution in [2.45, 2.75) is 6.42 Å². The molecule has 0 unspecified atom stereocenters. The maximum Gasteiger partial charge on any atom is 0.323 e. The van der Waals surface area contributed by atoms with Crippen LogP contribution in [0.15, 0.2) is 66.5 Å². The third-order valence-electron chi connectivity index (χ3n) is 5.73. The number of fused-ring (bicyclic) bond motifs is 1. The van der Waals surface area contributed by atoms with Crippen LogP contribution in [-0.4, -0.2) is 55.4 Å². The fourth-order valence-electron chi connectivity index (χ4n) is 3.90. The Morgan fingerprint density at radius 3 is 2.63 bits per heavy atom. The molecule has 0 fully saturated rings. The smallest absolute Gasteiger partial charge is 0.323 e. The minimum absolute atomic E-state index is 0.0656. The van der Waals surface area contributed by atoms with Crippen molar-refractivity contribution >= 4 is 34.0 Å². The van der Waals surface area contributed by atoms with Gasteiger partial charge in [-0.2, -0.15) is 5.26 Å². The van der Waals surface area contributed by atoms with Gasteiger partial charge < -0.3 is 30.0 Å². The van der Waals surface area contributed by atoms with E-state index in [1.807, 2.05) is 0 Å². The molecular weight excluding hydrogens is 488 g/mol. The van der Waals surface area contributed by atoms with Crippen LogP contribution in [0.3, 0.4) is 0 Å². The van der Waals surface area contributed by atoms with Crippen molar-refractivity contribution < 1.29 is 28.9 Å². The summed E-state index contributed by atoms with van der Waals surface area (Å²) in [5.74, 6) is 0.790. The highest BCUT2D eigenvalue weighted by Crippen LogP contribution is 2.33. The van der Waals surface area contributed by atoms with Crippen LogP contribution in [0.1, 0.15) is 17.5 Å². The van der Waals surface area contributed by atoms with Gasteiger partial charge in [0.25, 0.3) is 0 Å². The number of hydrogen-bond donors (Lipinski definition) is 3. The highest BCUT2D eigenvalue weighted by molar-refractivity contribution is 6.09. The van der Waals surface area contributed by atoms with Crippen LogP contribution in [0.5, 0.6) is 11.5 Å². The zero-order valence-corrected chi connectivity index (χ0v) is 20.7. The zero-order chi connectivity index (χ0) is 26.9. The molecule has 1 heterocycles. The summed E-state index contributed by atoms with van der Waals surface area (Å²) in [5, 5.41) is 24.4. The van der Waals surface area contributed by atoms with E-state index in [1.165, 1.54) is 0 Å². The van der Waals surface area contributed by atoms with E-state index in [0.717, 1.165) is 11.1 Å². The van der Waals surface area contributed by atoms with Crippen molar-refractivity contribution in [2.75, 3.05) is 38.9 Å². The lowest BCUT2D eigenvalue weighted by Crippen LogP contribution is -2.32. The second kappa shape index (κ2) is 12.5. The van der Waals surface area contributed by atoms with Crippen LogP contribution in [-0.2, 0) is 9.53 Å². The standard InChI is InChI=1S/C28H26N4O6/c1-36-21-5-3-20(4-6-21)31-28(35)32-24-7-2-18(15-26(24)34)22-8-9-30-25-16-27(19(17-29)14-23(22)25)38-13-12-37-11-10-33/h2-9,14,16,33H,10-13,15H2,1H3,(H2,31,32,35). The summed E-state index contributed by atoms with van der Waals surface area (Å²) < 4.78 is 16.0. The van der Waals surface area contributed by atoms with E-state index in [4.69, 9.17) is 19.3 Å². The fourth-order valence-corrected chi connectivity index (χ4v) is 3.90. The molecule has 0 saturated heterocycles. The molecule has 0 saturated carbocycles. The van der Waals surface area contributed by atoms with Gasteiger partial charge >= 0.3 is 6.03 Å². The highest BCUT2D eigenvalue weighted by Gasteiger charge is 2.21. The normalized spacial score (nSPS) is 12.8. The highest BCUT2D eigenvalue weighted by atomic mass is 16.5. The lowest BCUT2D eigenvalue weighted by molar-refractivity contribution is -0.115. The number of methoxy groups -OCH3 is 1. The van der Waals surface area contributed by atoms with Crippen LogP contribution in [0, 0.1) is 11.3 Å². The summed E-state index contributed by atoms with van der Waals surface area (Å²) in [6, 6.07) is 13.6. The number of Topliss-reactive ketones (excluding diaryl/α,β-unsaturated/α-hetero) is 1. The summed E-state index contributed by atoms with van der Waals surface area (Å²) in [6.45, 7) is 0.622. The summed E-state index contributed by atoms with van der Waals surface area (Å²) in [6.07, 6.45) is 5.03. The number of anilines is 1. The summed E-state index contributed by atoms with van der Waals surface area (Å²) in [4.78, 5) is 29.7. The number of nitrogens with zero attached hydrogens (tertiary/aromatic N) is 2. The summed E-state index contributed by atoms with van der Waals surface area (Å²) in [5.41, 5.74) is 3.16. The SMILES string of the molecule is COc1ccc(NC(=O)NC2=CC=C(c3ccnc4cc(OCCOCCO)c(C#N)cc34)CC2=O)cc1. The largest absolute Gasteiger partial charge is 0.497 e. The molecule has 10 heteroatoms. The van der Waals surface area contributed by atoms with E-state index in [9.17, 15) is 14.9 Å². The Morgan fingerprint density at radius 2 is 1.92 bits per heavy atom. The number of carbonyl (C=O) groups excluding carboxylic acids is 2. The van der Waals surface area contributed by atoms with Gasteiger partial charge in [-0.15, -0.1) is 0 Å². The maximum absolute atomic E-state index is 12.9. The van der Waals surface area contributed by atoms with Gasteiger partial charge in [-0.05, 0) is 53.6 Å². The Kier molecular flexibility index (Phi) is 8.66. The first kappa shape index (κ1) is 26.3. The number of carbonyl (C=O) groups is 2. The van der Waals surface area contributed by atoms with Gasteiger partial charge in [0.15, 0.2) is 5.78 Å². The van der Waals surface area contributed by atoms with Crippen LogP contribution < -0.4 is 20.1 Å². The number of amides is 2. The molecule has 194 valence electrons. The molecule has 1 aliphatic carbocycles. The van der Waals surface area contributed by atoms with Crippen LogP contribution in [0.2, 0.25) is 0 Å². The average Bonchev–Trinajstić information content (AvgIpc) is 2.93. The van der Waals surface area contributed by atoms with Gasteiger partial charge in [0.2, 0.25) is 0 Å². The maximum atomic E-state index is 12.9. The van der Waals surface area contributed by atoms with E-state index in [2.05, 4.69) is 21.7 Å². The number of urea groups is 1. The topological polar surface area (TPSA) is 143 Å². The third kappa shape index (κ3) is 6.34. The minimum atomic E-state index is -0.533. The number of benzene rings is 2. The first-order valence-electron chi connectivity index (χ1n) is 11.8. The van der Waals surface area contributed by atoms with Gasteiger partial charge in [-0.3, -0.25) is 9.78 Å². The van der Waals surface area contributed by atoms with Gasteiger partial charge in [-0.25, -0.2) is 4.79 Å². The Morgan fingerprint density at radius 1 is 1.11 bits per heavy atom. The molecule has 2 aromatic carbocycles. The van der Waals surface area contributed by atoms with E-state index in [-0.39, 0.29) is 44.3 Å². The molecule has 4 rings (SSSR count). The van der Waals surface area contributed by atoms with Crippen LogP contribution >= 0.6 is 0 Å². The number of hydrogen-bond acceptors (Lipinski definition) is 8. The van der Waals surface area contributed by atoms with Gasteiger partial charge in [-0.1, -0.05) is 6.08 Å². The number of nitriles is 1. The molecule has 38 heavy (non-hydrogen) atoms. The second-order valence-electron chi connectivity index (χ2n) is 8.20. The minimum Gasteiger partial charge on any atom is -0.497 e. The second-order valence-corrected chi connectivity index (χ2v) is 8.20. The molecule has 1 aliphatic rings. The number of nitrogens with one attached hydrogen (secondary N) is 2. The Labute approximate surface area is 219 Å². The van der Waals surface area contributed by atoms with E-state index >= 15 is 0 Å². The van der Waals surface area contributed by atoms with E-state index in [0.29, 0.717) is 33.7 Å². The fraction of sp³-hybridized carbons (Fsp3) is 0.214. The third-order valence-corrected chi connectivity index (χ3v) is 5.73. The van der Waals surface area contributed by atoms with Crippen molar-refractivity contribution in [3.8, 4) is 17.6 Å². The van der Waals surface area contributed by atoms with Crippen molar-refractivity contribution in [1.29, 1.82) is 5.26 Å². The van der Waals surface area contributed by atoms with Gasteiger partial charge in [0.1, 0.15) is 24.2 Å². The summed E-state index contributed by atoms with van der Waals surface area (Å²) >= 11 is 0. The molecule has 0 atom stereocenters. The molecular formula is C28H26N4O6. The van der Waals surface area contributed by atoms with Crippen molar-refractivity contribution in [1.82, 2.24) is 10.3 Å². The zero-order valence-electron chi connectivity index (χ0n) is 20.7. The van der Waals surface area contributed by atoms with Gasteiger partial charge in [0.05, 0.1) is 43.7 Å². The van der Waals surface area contributed by atoms with E-state index in [1.54, 1.807) is 67.9 Å². The van der Waals surface area contributed by atoms with Gasteiger partial charge in [0, 0.05) is 29.8 Å². The van der Waals surface area contributed by atoms with E-state index < -0.39 is 6.03 Å². The number of aromatic nitrogens is 1. The first-order chi connectivity index (χ1) is 18.5.